The van der Waals surface area contributed by atoms with Gasteiger partial charge in [0.15, 0.2) is 0 Å². The molecule has 17 heavy (non-hydrogen) atoms. The van der Waals surface area contributed by atoms with E-state index in [2.05, 4.69) is 4.98 Å². The van der Waals surface area contributed by atoms with Gasteiger partial charge in [0.25, 0.3) is 0 Å². The number of ether oxygens (including phenoxy) is 1. The van der Waals surface area contributed by atoms with Crippen LogP contribution in [0.4, 0.5) is 4.39 Å². The molecule has 1 aromatic heterocycles. The molecular formula is C13H13FN2O. The first-order valence-corrected chi connectivity index (χ1v) is 5.22. The van der Waals surface area contributed by atoms with Crippen LogP contribution in [0.3, 0.4) is 0 Å². The molecule has 3 nitrogen and oxygen atoms in total. The van der Waals surface area contributed by atoms with Crippen LogP contribution in [0.5, 0.6) is 5.75 Å². The summed E-state index contributed by atoms with van der Waals surface area (Å²) >= 11 is 0. The van der Waals surface area contributed by atoms with Crippen molar-refractivity contribution in [3.8, 4) is 16.9 Å². The highest BCUT2D eigenvalue weighted by Gasteiger charge is 2.07. The second kappa shape index (κ2) is 4.93. The third-order valence-corrected chi connectivity index (χ3v) is 2.55. The van der Waals surface area contributed by atoms with E-state index in [0.717, 1.165) is 16.7 Å². The van der Waals surface area contributed by atoms with E-state index in [1.807, 2.05) is 0 Å². The van der Waals surface area contributed by atoms with Gasteiger partial charge in [-0.15, -0.1) is 0 Å². The minimum atomic E-state index is -0.292. The number of pyridine rings is 1. The SMILES string of the molecule is COc1cncc(-c2cc(F)ccc2CN)c1. The molecule has 0 amide bonds. The van der Waals surface area contributed by atoms with Gasteiger partial charge in [-0.25, -0.2) is 4.39 Å². The van der Waals surface area contributed by atoms with E-state index >= 15 is 0 Å². The van der Waals surface area contributed by atoms with Crippen molar-refractivity contribution in [2.24, 2.45) is 5.73 Å². The second-order valence-electron chi connectivity index (χ2n) is 3.62. The van der Waals surface area contributed by atoms with Crippen molar-refractivity contribution in [3.05, 3.63) is 48.0 Å². The summed E-state index contributed by atoms with van der Waals surface area (Å²) in [5, 5.41) is 0. The summed E-state index contributed by atoms with van der Waals surface area (Å²) in [5.41, 5.74) is 8.06. The van der Waals surface area contributed by atoms with Gasteiger partial charge in [0.1, 0.15) is 11.6 Å². The number of methoxy groups -OCH3 is 1. The third-order valence-electron chi connectivity index (χ3n) is 2.55. The number of aromatic nitrogens is 1. The predicted molar refractivity (Wildman–Crippen MR) is 64.1 cm³/mol. The largest absolute Gasteiger partial charge is 0.495 e. The summed E-state index contributed by atoms with van der Waals surface area (Å²) in [7, 11) is 1.57. The molecule has 0 fully saturated rings. The molecule has 1 heterocycles. The molecule has 0 aliphatic heterocycles. The Hall–Kier alpha value is -1.94. The summed E-state index contributed by atoms with van der Waals surface area (Å²) in [6.07, 6.45) is 3.27. The Morgan fingerprint density at radius 1 is 1.29 bits per heavy atom. The molecule has 4 heteroatoms. The van der Waals surface area contributed by atoms with Crippen molar-refractivity contribution in [1.82, 2.24) is 4.98 Å². The van der Waals surface area contributed by atoms with Crippen molar-refractivity contribution in [2.75, 3.05) is 7.11 Å². The van der Waals surface area contributed by atoms with Crippen molar-refractivity contribution >= 4 is 0 Å². The fourth-order valence-electron chi connectivity index (χ4n) is 1.67. The molecule has 0 saturated heterocycles. The number of rotatable bonds is 3. The molecule has 0 unspecified atom stereocenters. The topological polar surface area (TPSA) is 48.1 Å². The molecule has 2 rings (SSSR count). The first-order valence-electron chi connectivity index (χ1n) is 5.22. The van der Waals surface area contributed by atoms with Crippen LogP contribution in [-0.2, 0) is 6.54 Å². The van der Waals surface area contributed by atoms with Crippen molar-refractivity contribution < 1.29 is 9.13 Å². The third kappa shape index (κ3) is 2.42. The minimum Gasteiger partial charge on any atom is -0.495 e. The van der Waals surface area contributed by atoms with Gasteiger partial charge in [-0.3, -0.25) is 4.98 Å². The highest BCUT2D eigenvalue weighted by molar-refractivity contribution is 5.67. The fourth-order valence-corrected chi connectivity index (χ4v) is 1.67. The Balaban J connectivity index is 2.54. The number of nitrogens with zero attached hydrogens (tertiary/aromatic N) is 1. The number of nitrogens with two attached hydrogens (primary N) is 1. The minimum absolute atomic E-state index is 0.292. The van der Waals surface area contributed by atoms with Crippen molar-refractivity contribution in [1.29, 1.82) is 0 Å². The molecule has 0 saturated carbocycles. The molecule has 0 atom stereocenters. The monoisotopic (exact) mass is 232 g/mol. The number of hydrogen-bond donors (Lipinski definition) is 1. The van der Waals surface area contributed by atoms with Gasteiger partial charge in [-0.2, -0.15) is 0 Å². The average Bonchev–Trinajstić information content (AvgIpc) is 2.39. The first-order chi connectivity index (χ1) is 8.24. The van der Waals surface area contributed by atoms with E-state index in [1.54, 1.807) is 31.6 Å². The van der Waals surface area contributed by atoms with Crippen molar-refractivity contribution in [3.63, 3.8) is 0 Å². The van der Waals surface area contributed by atoms with Gasteiger partial charge in [0, 0.05) is 18.3 Å². The summed E-state index contributed by atoms with van der Waals surface area (Å²) in [6.45, 7) is 0.354. The molecular weight excluding hydrogens is 219 g/mol. The smallest absolute Gasteiger partial charge is 0.137 e. The highest BCUT2D eigenvalue weighted by Crippen LogP contribution is 2.26. The van der Waals surface area contributed by atoms with Crippen LogP contribution >= 0.6 is 0 Å². The van der Waals surface area contributed by atoms with E-state index in [-0.39, 0.29) is 5.82 Å². The Kier molecular flexibility index (Phi) is 3.35. The quantitative estimate of drug-likeness (QED) is 0.883. The van der Waals surface area contributed by atoms with E-state index in [0.29, 0.717) is 12.3 Å². The zero-order valence-electron chi connectivity index (χ0n) is 9.48. The highest BCUT2D eigenvalue weighted by atomic mass is 19.1. The summed E-state index contributed by atoms with van der Waals surface area (Å²) < 4.78 is 18.4. The average molecular weight is 232 g/mol. The van der Waals surface area contributed by atoms with Gasteiger partial charge >= 0.3 is 0 Å². The van der Waals surface area contributed by atoms with E-state index in [4.69, 9.17) is 10.5 Å². The first kappa shape index (κ1) is 11.5. The van der Waals surface area contributed by atoms with E-state index < -0.39 is 0 Å². The van der Waals surface area contributed by atoms with Crippen LogP contribution in [0.25, 0.3) is 11.1 Å². The Morgan fingerprint density at radius 2 is 2.12 bits per heavy atom. The molecule has 2 N–H and O–H groups in total. The maximum absolute atomic E-state index is 13.3. The number of hydrogen-bond acceptors (Lipinski definition) is 3. The Bertz CT molecular complexity index is 529. The molecule has 1 aromatic carbocycles. The maximum Gasteiger partial charge on any atom is 0.137 e. The van der Waals surface area contributed by atoms with Crippen molar-refractivity contribution in [2.45, 2.75) is 6.54 Å². The molecule has 0 bridgehead atoms. The van der Waals surface area contributed by atoms with Gasteiger partial charge in [0.2, 0.25) is 0 Å². The summed E-state index contributed by atoms with van der Waals surface area (Å²) in [6, 6.07) is 6.35. The van der Waals surface area contributed by atoms with Gasteiger partial charge < -0.3 is 10.5 Å². The van der Waals surface area contributed by atoms with E-state index in [9.17, 15) is 4.39 Å². The van der Waals surface area contributed by atoms with Crippen LogP contribution in [-0.4, -0.2) is 12.1 Å². The van der Waals surface area contributed by atoms with Gasteiger partial charge in [-0.05, 0) is 29.3 Å². The molecule has 0 spiro atoms. The zero-order valence-corrected chi connectivity index (χ0v) is 9.48. The molecule has 2 aromatic rings. The molecule has 0 aliphatic rings. The lowest BCUT2D eigenvalue weighted by molar-refractivity contribution is 0.413. The van der Waals surface area contributed by atoms with Gasteiger partial charge in [0.05, 0.1) is 13.3 Å². The summed E-state index contributed by atoms with van der Waals surface area (Å²) in [5.74, 6) is 0.342. The Morgan fingerprint density at radius 3 is 2.82 bits per heavy atom. The standard InChI is InChI=1S/C13H13FN2O/c1-17-12-4-10(7-16-8-12)13-5-11(14)3-2-9(13)6-15/h2-5,7-8H,6,15H2,1H3. The van der Waals surface area contributed by atoms with Gasteiger partial charge in [-0.1, -0.05) is 6.07 Å². The molecule has 0 aliphatic carbocycles. The second-order valence-corrected chi connectivity index (χ2v) is 3.62. The van der Waals surface area contributed by atoms with E-state index in [1.165, 1.54) is 12.1 Å². The maximum atomic E-state index is 13.3. The Labute approximate surface area is 99.1 Å². The summed E-state index contributed by atoms with van der Waals surface area (Å²) in [4.78, 5) is 4.05. The fraction of sp³-hybridized carbons (Fsp3) is 0.154. The normalized spacial score (nSPS) is 10.3. The number of benzene rings is 1. The lowest BCUT2D eigenvalue weighted by Crippen LogP contribution is -1.99. The van der Waals surface area contributed by atoms with Crippen LogP contribution in [0.2, 0.25) is 0 Å². The van der Waals surface area contributed by atoms with Crippen LogP contribution in [0, 0.1) is 5.82 Å². The predicted octanol–water partition coefficient (Wildman–Crippen LogP) is 2.35. The number of halogens is 1. The van der Waals surface area contributed by atoms with Crippen LogP contribution < -0.4 is 10.5 Å². The van der Waals surface area contributed by atoms with Crippen LogP contribution in [0.15, 0.2) is 36.7 Å². The lowest BCUT2D eigenvalue weighted by Gasteiger charge is -2.09. The molecule has 88 valence electrons. The van der Waals surface area contributed by atoms with Crippen LogP contribution in [0.1, 0.15) is 5.56 Å². The molecule has 0 radical (unpaired) electrons. The lowest BCUT2D eigenvalue weighted by atomic mass is 10.0. The zero-order chi connectivity index (χ0) is 12.3.